The van der Waals surface area contributed by atoms with Crippen molar-refractivity contribution in [2.24, 2.45) is 0 Å². The van der Waals surface area contributed by atoms with Crippen molar-refractivity contribution < 1.29 is 13.2 Å². The summed E-state index contributed by atoms with van der Waals surface area (Å²) in [6.45, 7) is 4.26. The predicted octanol–water partition coefficient (Wildman–Crippen LogP) is 2.80. The fourth-order valence-electron chi connectivity index (χ4n) is 2.54. The molecule has 5 nitrogen and oxygen atoms in total. The first-order valence-electron chi connectivity index (χ1n) is 6.86. The van der Waals surface area contributed by atoms with Gasteiger partial charge in [-0.1, -0.05) is 15.9 Å². The zero-order valence-corrected chi connectivity index (χ0v) is 14.5. The molecule has 21 heavy (non-hydrogen) atoms. The van der Waals surface area contributed by atoms with Crippen molar-refractivity contribution in [1.29, 1.82) is 0 Å². The van der Waals surface area contributed by atoms with E-state index in [9.17, 15) is 13.2 Å². The fourth-order valence-corrected chi connectivity index (χ4v) is 4.75. The minimum Gasteiger partial charge on any atom is -0.321 e. The Hall–Kier alpha value is -1.08. The minimum absolute atomic E-state index is 0.0631. The lowest BCUT2D eigenvalue weighted by molar-refractivity contribution is 0.197. The molecule has 0 aromatic heterocycles. The number of aryl methyl sites for hydroxylation is 1. The molecule has 116 valence electrons. The normalized spacial score (nSPS) is 20.2. The third-order valence-corrected chi connectivity index (χ3v) is 5.92. The van der Waals surface area contributed by atoms with E-state index >= 15 is 0 Å². The van der Waals surface area contributed by atoms with Crippen LogP contribution in [0.3, 0.4) is 0 Å². The number of urea groups is 1. The van der Waals surface area contributed by atoms with E-state index in [1.165, 1.54) is 0 Å². The van der Waals surface area contributed by atoms with Crippen LogP contribution in [-0.2, 0) is 9.84 Å². The first-order chi connectivity index (χ1) is 9.82. The molecule has 0 bridgehead atoms. The van der Waals surface area contributed by atoms with Crippen LogP contribution in [0.5, 0.6) is 0 Å². The number of anilines is 1. The smallest absolute Gasteiger partial charge is 0.321 e. The largest absolute Gasteiger partial charge is 0.322 e. The number of amides is 2. The van der Waals surface area contributed by atoms with E-state index in [0.29, 0.717) is 13.0 Å². The van der Waals surface area contributed by atoms with E-state index in [1.807, 2.05) is 32.0 Å². The lowest BCUT2D eigenvalue weighted by Crippen LogP contribution is -2.43. The maximum Gasteiger partial charge on any atom is 0.322 e. The van der Waals surface area contributed by atoms with Crippen LogP contribution >= 0.6 is 15.9 Å². The summed E-state index contributed by atoms with van der Waals surface area (Å²) in [6, 6.07) is 5.14. The van der Waals surface area contributed by atoms with Gasteiger partial charge in [-0.2, -0.15) is 0 Å². The molecule has 1 N–H and O–H groups in total. The Morgan fingerprint density at radius 1 is 1.48 bits per heavy atom. The number of nitrogens with one attached hydrogen (secondary N) is 1. The molecule has 0 aliphatic carbocycles. The van der Waals surface area contributed by atoms with Gasteiger partial charge in [-0.05, 0) is 44.0 Å². The van der Waals surface area contributed by atoms with Crippen molar-refractivity contribution in [3.05, 3.63) is 28.2 Å². The van der Waals surface area contributed by atoms with E-state index < -0.39 is 9.84 Å². The van der Waals surface area contributed by atoms with Gasteiger partial charge in [0.25, 0.3) is 0 Å². The number of carbonyl (C=O) groups excluding carboxylic acids is 1. The van der Waals surface area contributed by atoms with Gasteiger partial charge >= 0.3 is 6.03 Å². The van der Waals surface area contributed by atoms with Gasteiger partial charge in [0, 0.05) is 22.7 Å². The molecule has 7 heteroatoms. The third kappa shape index (κ3) is 3.97. The third-order valence-electron chi connectivity index (χ3n) is 3.68. The van der Waals surface area contributed by atoms with Gasteiger partial charge in [-0.25, -0.2) is 13.2 Å². The number of sulfone groups is 1. The average Bonchev–Trinajstić information content (AvgIpc) is 2.74. The zero-order chi connectivity index (χ0) is 15.6. The molecule has 2 rings (SSSR count). The second-order valence-corrected chi connectivity index (χ2v) is 8.38. The Morgan fingerprint density at radius 2 is 2.19 bits per heavy atom. The minimum atomic E-state index is -3.00. The molecule has 0 radical (unpaired) electrons. The Bertz CT molecular complexity index is 646. The van der Waals surface area contributed by atoms with E-state index in [4.69, 9.17) is 0 Å². The summed E-state index contributed by atoms with van der Waals surface area (Å²) in [4.78, 5) is 14.0. The van der Waals surface area contributed by atoms with E-state index in [1.54, 1.807) is 4.90 Å². The van der Waals surface area contributed by atoms with Crippen molar-refractivity contribution in [3.8, 4) is 0 Å². The average molecular weight is 375 g/mol. The molecule has 1 heterocycles. The highest BCUT2D eigenvalue weighted by molar-refractivity contribution is 9.10. The highest BCUT2D eigenvalue weighted by atomic mass is 79.9. The molecular formula is C14H19BrN2O3S. The maximum atomic E-state index is 12.4. The standard InChI is InChI=1S/C14H19BrN2O3S/c1-3-17(12-6-7-21(19,20)9-12)14(18)16-13-5-4-11(15)8-10(13)2/h4-5,8,12H,3,6-7,9H2,1-2H3,(H,16,18). The molecular weight excluding hydrogens is 356 g/mol. The molecule has 1 aromatic carbocycles. The molecule has 1 unspecified atom stereocenters. The second kappa shape index (κ2) is 6.36. The van der Waals surface area contributed by atoms with Crippen molar-refractivity contribution >= 4 is 37.5 Å². The Morgan fingerprint density at radius 3 is 2.71 bits per heavy atom. The van der Waals surface area contributed by atoms with Gasteiger partial charge in [0.2, 0.25) is 0 Å². The fraction of sp³-hybridized carbons (Fsp3) is 0.500. The quantitative estimate of drug-likeness (QED) is 0.884. The van der Waals surface area contributed by atoms with E-state index in [0.717, 1.165) is 15.7 Å². The molecule has 0 saturated carbocycles. The molecule has 0 spiro atoms. The lowest BCUT2D eigenvalue weighted by Gasteiger charge is -2.27. The number of hydrogen-bond acceptors (Lipinski definition) is 3. The number of benzene rings is 1. The first kappa shape index (κ1) is 16.3. The number of halogens is 1. The van der Waals surface area contributed by atoms with Crippen molar-refractivity contribution in [3.63, 3.8) is 0 Å². The first-order valence-corrected chi connectivity index (χ1v) is 9.48. The predicted molar refractivity (Wildman–Crippen MR) is 87.3 cm³/mol. The van der Waals surface area contributed by atoms with Crippen LogP contribution in [0.15, 0.2) is 22.7 Å². The summed E-state index contributed by atoms with van der Waals surface area (Å²) < 4.78 is 24.1. The molecule has 1 aliphatic heterocycles. The van der Waals surface area contributed by atoms with Crippen molar-refractivity contribution in [1.82, 2.24) is 4.90 Å². The van der Waals surface area contributed by atoms with Crippen LogP contribution in [-0.4, -0.2) is 43.4 Å². The number of nitrogens with zero attached hydrogens (tertiary/aromatic N) is 1. The van der Waals surface area contributed by atoms with Gasteiger partial charge < -0.3 is 10.2 Å². The summed E-state index contributed by atoms with van der Waals surface area (Å²) in [5.41, 5.74) is 1.69. The molecule has 1 saturated heterocycles. The van der Waals surface area contributed by atoms with Crippen LogP contribution in [0.2, 0.25) is 0 Å². The van der Waals surface area contributed by atoms with Gasteiger partial charge in [-0.15, -0.1) is 0 Å². The summed E-state index contributed by atoms with van der Waals surface area (Å²) in [5.74, 6) is 0.229. The second-order valence-electron chi connectivity index (χ2n) is 5.23. The van der Waals surface area contributed by atoms with Gasteiger partial charge in [0.05, 0.1) is 11.5 Å². The Labute approximate surface area is 133 Å². The number of carbonyl (C=O) groups is 1. The van der Waals surface area contributed by atoms with Crippen LogP contribution in [0, 0.1) is 6.92 Å². The summed E-state index contributed by atoms with van der Waals surface area (Å²) >= 11 is 3.38. The van der Waals surface area contributed by atoms with Gasteiger partial charge in [-0.3, -0.25) is 0 Å². The molecule has 1 aliphatic rings. The number of rotatable bonds is 3. The van der Waals surface area contributed by atoms with Crippen LogP contribution in [0.1, 0.15) is 18.9 Å². The molecule has 1 atom stereocenters. The zero-order valence-electron chi connectivity index (χ0n) is 12.1. The van der Waals surface area contributed by atoms with Gasteiger partial charge in [0.1, 0.15) is 0 Å². The maximum absolute atomic E-state index is 12.4. The molecule has 2 amide bonds. The Balaban J connectivity index is 2.10. The lowest BCUT2D eigenvalue weighted by atomic mass is 10.2. The topological polar surface area (TPSA) is 66.5 Å². The van der Waals surface area contributed by atoms with Crippen molar-refractivity contribution in [2.45, 2.75) is 26.3 Å². The molecule has 1 fully saturated rings. The van der Waals surface area contributed by atoms with Crippen LogP contribution < -0.4 is 5.32 Å². The monoisotopic (exact) mass is 374 g/mol. The highest BCUT2D eigenvalue weighted by Crippen LogP contribution is 2.22. The summed E-state index contributed by atoms with van der Waals surface area (Å²) in [5, 5.41) is 2.86. The molecule has 1 aromatic rings. The highest BCUT2D eigenvalue weighted by Gasteiger charge is 2.34. The van der Waals surface area contributed by atoms with Gasteiger partial charge in [0.15, 0.2) is 9.84 Å². The van der Waals surface area contributed by atoms with Crippen LogP contribution in [0.25, 0.3) is 0 Å². The Kier molecular flexibility index (Phi) is 4.93. The van der Waals surface area contributed by atoms with Crippen LogP contribution in [0.4, 0.5) is 10.5 Å². The summed E-state index contributed by atoms with van der Waals surface area (Å²) in [6.07, 6.45) is 0.517. The van der Waals surface area contributed by atoms with E-state index in [2.05, 4.69) is 21.2 Å². The van der Waals surface area contributed by atoms with E-state index in [-0.39, 0.29) is 23.6 Å². The number of hydrogen-bond donors (Lipinski definition) is 1. The van der Waals surface area contributed by atoms with Crippen molar-refractivity contribution in [2.75, 3.05) is 23.4 Å². The SMILES string of the molecule is CCN(C(=O)Nc1ccc(Br)cc1C)C1CCS(=O)(=O)C1. The summed E-state index contributed by atoms with van der Waals surface area (Å²) in [7, 11) is -3.00.